The van der Waals surface area contributed by atoms with Gasteiger partial charge in [-0.15, -0.1) is 39.5 Å². The van der Waals surface area contributed by atoms with Gasteiger partial charge in [-0.25, -0.2) is 52.1 Å². The minimum atomic E-state index is -8.56. The molecule has 0 fully saturated rings. The number of ether oxygens (including phenoxy) is 11. The highest BCUT2D eigenvalue weighted by Gasteiger charge is 2.95. The molecule has 1 atom stereocenters. The number of hydrogen-bond donors (Lipinski definition) is 0. The standard InChI is InChI=1S/C13H22F4N2O2.C11H3F21O5.C9H3F17O4.C9H3F17.C3H3F5O.6CH4.BFOP/c1-6-18(7-2)10(5)12(14,15)21-13(16,17)11(20)19(8-3)9-4;1-2(12,13)33-3(14,15)4(16,17)34-5(18,19)6(20,21)35-7(22,23)8(24,25)36-9(26,27)10(28,29)37-11(30,31)32;1-2(10,11)27-3(12,13)4(14,15)28-5(16,17)6(18,19)29-7(20,21)8(22,23)30-9(24,25)26;1-2(10,11)3(12,13)4(14,15)5(16,17)6(18,19)7(20,21)8(22,23)9(24,25)26;1-2(4,5)9-3(6,7)8;;;;;;;1-4(2)3/h5-9H2,1-4H3;1H3;1H3;1H3;1H3;6*1H4;/q;;;;;;;;;;;+1. The number of alkyl halides is 64. The van der Waals surface area contributed by atoms with Crippen molar-refractivity contribution in [1.29, 1.82) is 0 Å². The second-order valence-electron chi connectivity index (χ2n) is 21.4. The Bertz CT molecular complexity index is 3210. The van der Waals surface area contributed by atoms with E-state index >= 15 is 0 Å². The van der Waals surface area contributed by atoms with E-state index in [-0.39, 0.29) is 77.7 Å². The Kier molecular flexibility index (Phi) is 54.4. The molecule has 1 amide bonds. The maximum atomic E-state index is 13.8. The minimum absolute atomic E-state index is 0. The molecule has 15 nitrogen and oxygen atoms in total. The van der Waals surface area contributed by atoms with Crippen LogP contribution < -0.4 is 0 Å². The van der Waals surface area contributed by atoms with Crippen LogP contribution in [0.4, 0.5) is 285 Å². The van der Waals surface area contributed by atoms with Gasteiger partial charge in [0.1, 0.15) is 5.70 Å². The van der Waals surface area contributed by atoms with Crippen LogP contribution in [0.25, 0.3) is 0 Å². The van der Waals surface area contributed by atoms with Crippen molar-refractivity contribution in [3.8, 4) is 0 Å². The average Bonchev–Trinajstić information content (AvgIpc) is 0.691. The fraction of sp³-hybridized carbons (Fsp3) is 0.941. The molecule has 0 spiro atoms. The number of carbonyl (C=O) groups is 1. The molecule has 0 N–H and O–H groups in total. The van der Waals surface area contributed by atoms with E-state index < -0.39 is 223 Å². The van der Waals surface area contributed by atoms with Crippen LogP contribution in [0, 0.1) is 0 Å². The van der Waals surface area contributed by atoms with Crippen LogP contribution in [0.3, 0.4) is 0 Å². The molecule has 0 saturated carbocycles. The summed E-state index contributed by atoms with van der Waals surface area (Å²) in [7, 11) is 1.08. The maximum Gasteiger partial charge on any atom is 0.563 e. The third-order valence-corrected chi connectivity index (χ3v) is 11.0. The molecule has 2 radical (unpaired) electrons. The van der Waals surface area contributed by atoms with Crippen molar-refractivity contribution in [3.05, 3.63) is 12.3 Å². The Labute approximate surface area is 699 Å². The van der Waals surface area contributed by atoms with Gasteiger partial charge >= 0.3 is 204 Å². The van der Waals surface area contributed by atoms with Crippen molar-refractivity contribution < 1.29 is 347 Å². The Morgan fingerprint density at radius 3 is 0.534 bits per heavy atom. The lowest BCUT2D eigenvalue weighted by Gasteiger charge is -2.42. The molecule has 0 rings (SSSR count). The SMILES string of the molecule is C.C.C.C.C.C.C=C(N(CC)CC)C(F)(F)OC(F)(F)C(=O)N(CC)CC.CC(F)(F)C(F)(F)C(F)(F)C(F)(F)C(F)(F)C(F)(F)C(F)(F)C(F)(F)F.CC(F)(F)OC(F)(F)C(F)(F)OC(F)(F)C(F)(F)OC(F)(F)C(F)(F)OC(F)(F)C(F)(F)OC(F)(F)F.CC(F)(F)OC(F)(F)C(F)(F)OC(F)(F)C(F)(F)OC(F)(F)C(F)(F)OC(F)(F)F.CC(F)(F)OC(F)(F)F.[B][P+](=O)F. The highest BCUT2D eigenvalue weighted by molar-refractivity contribution is 7.67. The van der Waals surface area contributed by atoms with E-state index in [1.54, 1.807) is 13.8 Å². The zero-order chi connectivity index (χ0) is 105. The Balaban J connectivity index is -0.000000140. The van der Waals surface area contributed by atoms with E-state index in [2.05, 4.69) is 23.6 Å². The van der Waals surface area contributed by atoms with Crippen molar-refractivity contribution in [3.63, 3.8) is 0 Å². The first-order valence-electron chi connectivity index (χ1n) is 28.3. The maximum absolute atomic E-state index is 13.8. The fourth-order valence-electron chi connectivity index (χ4n) is 5.57. The van der Waals surface area contributed by atoms with Gasteiger partial charge in [0.2, 0.25) is 0 Å². The smallest absolute Gasteiger partial charge is 0.369 e. The molecule has 0 aromatic rings. The van der Waals surface area contributed by atoms with Gasteiger partial charge in [-0.1, -0.05) is 55.7 Å². The number of nitrogens with zero attached hydrogens (tertiary/aromatic N) is 2. The van der Waals surface area contributed by atoms with Crippen molar-refractivity contribution in [2.45, 2.75) is 283 Å². The monoisotopic (exact) mass is 2180 g/mol. The molecule has 0 heterocycles. The molecule has 0 aliphatic heterocycles. The van der Waals surface area contributed by atoms with Crippen molar-refractivity contribution in [2.75, 3.05) is 26.2 Å². The van der Waals surface area contributed by atoms with Crippen LogP contribution in [0.15, 0.2) is 12.3 Å². The van der Waals surface area contributed by atoms with Gasteiger partial charge in [0.25, 0.3) is 0 Å². The first-order chi connectivity index (χ1) is 53.9. The van der Waals surface area contributed by atoms with E-state index in [4.69, 9.17) is 4.57 Å². The normalized spacial score (nSPS) is 14.7. The number of rotatable bonds is 39. The van der Waals surface area contributed by atoms with Gasteiger partial charge in [-0.05, 0) is 27.7 Å². The first-order valence-corrected chi connectivity index (χ1v) is 29.5. The Morgan fingerprint density at radius 1 is 0.248 bits per heavy atom. The molecule has 0 aliphatic carbocycles. The summed E-state index contributed by atoms with van der Waals surface area (Å²) in [6.45, 7) is 6.72. The summed E-state index contributed by atoms with van der Waals surface area (Å²) in [5.41, 5.74) is -0.903. The zero-order valence-corrected chi connectivity index (χ0v) is 60.2. The molecule has 0 aliphatic rings. The topological polar surface area (TPSA) is 142 Å². The van der Waals surface area contributed by atoms with Crippen molar-refractivity contribution >= 4 is 21.5 Å². The van der Waals surface area contributed by atoms with Gasteiger partial charge in [-0.2, -0.15) is 241 Å². The summed E-state index contributed by atoms with van der Waals surface area (Å²) in [5.74, 6) is -57.5. The number of hydrogen-bond acceptors (Lipinski definition) is 14. The Hall–Kier alpha value is -5.82. The zero-order valence-electron chi connectivity index (χ0n) is 59.3. The second-order valence-corrected chi connectivity index (χ2v) is 21.9. The van der Waals surface area contributed by atoms with Crippen molar-refractivity contribution in [1.82, 2.24) is 9.80 Å². The summed E-state index contributed by atoms with van der Waals surface area (Å²) in [4.78, 5) is 13.3. The molecule has 1 unspecified atom stereocenters. The van der Waals surface area contributed by atoms with Gasteiger partial charge in [0.05, 0.1) is 0 Å². The lowest BCUT2D eigenvalue weighted by atomic mass is 9.89. The number of amides is 1. The van der Waals surface area contributed by atoms with E-state index in [1.807, 2.05) is 9.47 Å². The number of carbonyl (C=O) groups excluding carboxylic acids is 1. The van der Waals surface area contributed by atoms with Gasteiger partial charge in [0.15, 0.2) is 0 Å². The largest absolute Gasteiger partial charge is 0.563 e. The van der Waals surface area contributed by atoms with E-state index in [0.29, 0.717) is 0 Å². The summed E-state index contributed by atoms with van der Waals surface area (Å²) in [5, 5.41) is 0. The highest BCUT2D eigenvalue weighted by Crippen LogP contribution is 2.65. The third-order valence-electron chi connectivity index (χ3n) is 11.0. The number of halogens is 65. The van der Waals surface area contributed by atoms with Crippen LogP contribution in [-0.4, -0.2) is 232 Å². The quantitative estimate of drug-likeness (QED) is 0.0327. The minimum Gasteiger partial charge on any atom is -0.369 e. The lowest BCUT2D eigenvalue weighted by molar-refractivity contribution is -0.589. The molecule has 82 heteroatoms. The fourth-order valence-corrected chi connectivity index (χ4v) is 5.57. The first kappa shape index (κ1) is 153. The van der Waals surface area contributed by atoms with E-state index in [0.717, 1.165) is 9.80 Å². The highest BCUT2D eigenvalue weighted by atomic mass is 31.1. The van der Waals surface area contributed by atoms with Crippen molar-refractivity contribution in [2.24, 2.45) is 0 Å². The summed E-state index contributed by atoms with van der Waals surface area (Å²) in [6, 6.07) is 0. The van der Waals surface area contributed by atoms with Gasteiger partial charge in [0, 0.05) is 58.1 Å². The van der Waals surface area contributed by atoms with Gasteiger partial charge in [-0.3, -0.25) is 4.79 Å². The van der Waals surface area contributed by atoms with Crippen LogP contribution in [0.5, 0.6) is 0 Å². The van der Waals surface area contributed by atoms with E-state index in [9.17, 15) is 290 Å². The molecule has 812 valence electrons. The third kappa shape index (κ3) is 42.4. The molecule has 0 aromatic carbocycles. The Morgan fingerprint density at radius 2 is 0.398 bits per heavy atom. The van der Waals surface area contributed by atoms with Gasteiger partial charge < -0.3 is 9.80 Å². The molecule has 0 aromatic heterocycles. The molecular formula is C51H58BF65N2O13P+. The van der Waals surface area contributed by atoms with Crippen LogP contribution in [0.2, 0.25) is 0 Å². The van der Waals surface area contributed by atoms with Crippen LogP contribution in [-0.2, 0) is 61.5 Å². The summed E-state index contributed by atoms with van der Waals surface area (Å²) >= 11 is 0. The van der Waals surface area contributed by atoms with Crippen LogP contribution in [0.1, 0.15) is 99.9 Å². The predicted octanol–water partition coefficient (Wildman–Crippen LogP) is 28.3. The summed E-state index contributed by atoms with van der Waals surface area (Å²) < 4.78 is 839. The predicted molar refractivity (Wildman–Crippen MR) is 302 cm³/mol. The molecule has 0 saturated heterocycles. The molecular weight excluding hydrogens is 2130 g/mol. The van der Waals surface area contributed by atoms with Crippen LogP contribution >= 0.6 is 7.99 Å². The average molecular weight is 2180 g/mol. The molecule has 0 bridgehead atoms. The summed E-state index contributed by atoms with van der Waals surface area (Å²) in [6.07, 6.45) is -155. The van der Waals surface area contributed by atoms with E-state index in [1.165, 1.54) is 47.0 Å². The molecule has 133 heavy (non-hydrogen) atoms. The number of likely N-dealkylation sites (N-methyl/N-ethyl adjacent to an activating group) is 2. The second kappa shape index (κ2) is 47.4. The lowest BCUT2D eigenvalue weighted by Crippen LogP contribution is -2.74.